The van der Waals surface area contributed by atoms with E-state index in [2.05, 4.69) is 10.6 Å². The van der Waals surface area contributed by atoms with Crippen molar-refractivity contribution in [3.05, 3.63) is 74.9 Å². The Morgan fingerprint density at radius 2 is 1.97 bits per heavy atom. The molecule has 2 aromatic carbocycles. The molecule has 0 saturated heterocycles. The van der Waals surface area contributed by atoms with Crippen LogP contribution in [0.3, 0.4) is 0 Å². The number of nitrogens with one attached hydrogen (secondary N) is 2. The van der Waals surface area contributed by atoms with Crippen molar-refractivity contribution in [1.82, 2.24) is 10.6 Å². The summed E-state index contributed by atoms with van der Waals surface area (Å²) in [4.78, 5) is 24.4. The summed E-state index contributed by atoms with van der Waals surface area (Å²) in [5.41, 5.74) is 2.39. The zero-order valence-corrected chi connectivity index (χ0v) is 17.4. The monoisotopic (exact) mass is 434 g/mol. The molecule has 2 aromatic rings. The Morgan fingerprint density at radius 1 is 1.17 bits per heavy atom. The van der Waals surface area contributed by atoms with Crippen LogP contribution in [-0.2, 0) is 16.1 Å². The summed E-state index contributed by atoms with van der Waals surface area (Å²) in [6, 6.07) is 11.3. The maximum atomic E-state index is 12.4. The Morgan fingerprint density at radius 3 is 2.66 bits per heavy atom. The summed E-state index contributed by atoms with van der Waals surface area (Å²) >= 11 is 12.1. The first-order chi connectivity index (χ1) is 13.9. The number of ether oxygens (including phenoxy) is 2. The molecule has 0 aromatic heterocycles. The normalized spacial score (nSPS) is 16.1. The third-order valence-corrected chi connectivity index (χ3v) is 5.10. The summed E-state index contributed by atoms with van der Waals surface area (Å²) in [5, 5.41) is 6.52. The van der Waals surface area contributed by atoms with E-state index in [0.29, 0.717) is 39.0 Å². The minimum absolute atomic E-state index is 0.248. The number of methoxy groups -OCH3 is 1. The minimum atomic E-state index is -0.645. The quantitative estimate of drug-likeness (QED) is 0.642. The van der Waals surface area contributed by atoms with Crippen LogP contribution < -0.4 is 15.4 Å². The minimum Gasteiger partial charge on any atom is -0.489 e. The second-order valence-electron chi connectivity index (χ2n) is 6.37. The van der Waals surface area contributed by atoms with Gasteiger partial charge in [0.25, 0.3) is 0 Å². The number of hydrogen-bond acceptors (Lipinski definition) is 4. The van der Waals surface area contributed by atoms with Gasteiger partial charge in [0.1, 0.15) is 12.4 Å². The lowest BCUT2D eigenvalue weighted by Gasteiger charge is -2.29. The van der Waals surface area contributed by atoms with Crippen molar-refractivity contribution >= 4 is 35.2 Å². The number of esters is 1. The van der Waals surface area contributed by atoms with Gasteiger partial charge in [-0.15, -0.1) is 0 Å². The lowest BCUT2D eigenvalue weighted by Crippen LogP contribution is -2.45. The highest BCUT2D eigenvalue weighted by molar-refractivity contribution is 6.35. The number of carbonyl (C=O) groups excluding carboxylic acids is 2. The van der Waals surface area contributed by atoms with E-state index in [-0.39, 0.29) is 12.6 Å². The number of halogens is 2. The van der Waals surface area contributed by atoms with Gasteiger partial charge in [-0.3, -0.25) is 0 Å². The Kier molecular flexibility index (Phi) is 6.67. The van der Waals surface area contributed by atoms with E-state index < -0.39 is 12.0 Å². The van der Waals surface area contributed by atoms with E-state index in [9.17, 15) is 9.59 Å². The van der Waals surface area contributed by atoms with Crippen LogP contribution >= 0.6 is 23.2 Å². The summed E-state index contributed by atoms with van der Waals surface area (Å²) in [5.74, 6) is 0.0715. The summed E-state index contributed by atoms with van der Waals surface area (Å²) in [6.45, 7) is 2.11. The standard InChI is InChI=1S/C21H20Cl2N2O4/c1-3-17-18(20(26)28-2)19(25-21(27)24-17)12-5-4-6-15(9-12)29-11-13-7-8-14(22)10-16(13)23/h4-10,19H,3,11H2,1-2H3,(H2,24,25,27). The Bertz CT molecular complexity index is 975. The predicted octanol–water partition coefficient (Wildman–Crippen LogP) is 4.76. The van der Waals surface area contributed by atoms with Gasteiger partial charge in [-0.2, -0.15) is 0 Å². The number of amides is 2. The van der Waals surface area contributed by atoms with Crippen molar-refractivity contribution in [3.8, 4) is 5.75 Å². The van der Waals surface area contributed by atoms with Crippen molar-refractivity contribution in [3.63, 3.8) is 0 Å². The average Bonchev–Trinajstić information content (AvgIpc) is 2.72. The molecule has 0 saturated carbocycles. The number of urea groups is 1. The van der Waals surface area contributed by atoms with Gasteiger partial charge in [0, 0.05) is 21.3 Å². The first-order valence-electron chi connectivity index (χ1n) is 8.98. The Hall–Kier alpha value is -2.70. The molecule has 3 rings (SSSR count). The van der Waals surface area contributed by atoms with Crippen LogP contribution in [0.1, 0.15) is 30.5 Å². The van der Waals surface area contributed by atoms with E-state index in [1.807, 2.05) is 13.0 Å². The zero-order valence-electron chi connectivity index (χ0n) is 15.9. The van der Waals surface area contributed by atoms with Crippen LogP contribution in [0.5, 0.6) is 5.75 Å². The van der Waals surface area contributed by atoms with Crippen LogP contribution in [-0.4, -0.2) is 19.1 Å². The lowest BCUT2D eigenvalue weighted by atomic mass is 9.94. The molecular formula is C21H20Cl2N2O4. The van der Waals surface area contributed by atoms with Crippen LogP contribution in [0, 0.1) is 0 Å². The van der Waals surface area contributed by atoms with E-state index >= 15 is 0 Å². The molecule has 1 atom stereocenters. The third-order valence-electron chi connectivity index (χ3n) is 4.51. The van der Waals surface area contributed by atoms with Gasteiger partial charge >= 0.3 is 12.0 Å². The third kappa shape index (κ3) is 4.83. The summed E-state index contributed by atoms with van der Waals surface area (Å²) in [6.07, 6.45) is 0.486. The molecule has 1 aliphatic rings. The van der Waals surface area contributed by atoms with Crippen LogP contribution in [0.15, 0.2) is 53.7 Å². The molecule has 0 aliphatic carbocycles. The van der Waals surface area contributed by atoms with Crippen molar-refractivity contribution in [2.24, 2.45) is 0 Å². The molecule has 1 heterocycles. The fraction of sp³-hybridized carbons (Fsp3) is 0.238. The number of benzene rings is 2. The smallest absolute Gasteiger partial charge is 0.337 e. The maximum Gasteiger partial charge on any atom is 0.337 e. The van der Waals surface area contributed by atoms with Gasteiger partial charge in [0.15, 0.2) is 0 Å². The van der Waals surface area contributed by atoms with E-state index in [1.54, 1.807) is 36.4 Å². The summed E-state index contributed by atoms with van der Waals surface area (Å²) < 4.78 is 10.8. The largest absolute Gasteiger partial charge is 0.489 e. The highest BCUT2D eigenvalue weighted by Crippen LogP contribution is 2.31. The molecular weight excluding hydrogens is 415 g/mol. The Labute approximate surface area is 178 Å². The second kappa shape index (κ2) is 9.20. The molecule has 2 amide bonds. The van der Waals surface area contributed by atoms with Gasteiger partial charge in [-0.1, -0.05) is 48.3 Å². The number of hydrogen-bond donors (Lipinski definition) is 2. The molecule has 1 unspecified atom stereocenters. The number of carbonyl (C=O) groups is 2. The van der Waals surface area contributed by atoms with Crippen molar-refractivity contribution in [1.29, 1.82) is 0 Å². The van der Waals surface area contributed by atoms with E-state index in [1.165, 1.54) is 7.11 Å². The SMILES string of the molecule is CCC1=C(C(=O)OC)C(c2cccc(OCc3ccc(Cl)cc3Cl)c2)NC(=O)N1. The zero-order chi connectivity index (χ0) is 21.0. The van der Waals surface area contributed by atoms with Crippen molar-refractivity contribution < 1.29 is 19.1 Å². The predicted molar refractivity (Wildman–Crippen MR) is 111 cm³/mol. The maximum absolute atomic E-state index is 12.4. The van der Waals surface area contributed by atoms with Gasteiger partial charge in [-0.05, 0) is 36.2 Å². The van der Waals surface area contributed by atoms with E-state index in [0.717, 1.165) is 5.56 Å². The first-order valence-corrected chi connectivity index (χ1v) is 9.74. The second-order valence-corrected chi connectivity index (χ2v) is 7.21. The van der Waals surface area contributed by atoms with Crippen molar-refractivity contribution in [2.75, 3.05) is 7.11 Å². The number of allylic oxidation sites excluding steroid dienone is 1. The number of rotatable bonds is 6. The molecule has 0 fully saturated rings. The molecule has 2 N–H and O–H groups in total. The molecule has 8 heteroatoms. The molecule has 0 bridgehead atoms. The molecule has 1 aliphatic heterocycles. The van der Waals surface area contributed by atoms with Gasteiger partial charge < -0.3 is 20.1 Å². The highest BCUT2D eigenvalue weighted by atomic mass is 35.5. The molecule has 0 radical (unpaired) electrons. The lowest BCUT2D eigenvalue weighted by molar-refractivity contribution is -0.136. The van der Waals surface area contributed by atoms with Gasteiger partial charge in [-0.25, -0.2) is 9.59 Å². The van der Waals surface area contributed by atoms with Gasteiger partial charge in [0.2, 0.25) is 0 Å². The Balaban J connectivity index is 1.87. The average molecular weight is 435 g/mol. The van der Waals surface area contributed by atoms with Crippen molar-refractivity contribution in [2.45, 2.75) is 26.0 Å². The van der Waals surface area contributed by atoms with Crippen LogP contribution in [0.25, 0.3) is 0 Å². The fourth-order valence-electron chi connectivity index (χ4n) is 3.08. The van der Waals surface area contributed by atoms with E-state index in [4.69, 9.17) is 32.7 Å². The topological polar surface area (TPSA) is 76.7 Å². The molecule has 0 spiro atoms. The highest BCUT2D eigenvalue weighted by Gasteiger charge is 2.32. The van der Waals surface area contributed by atoms with Gasteiger partial charge in [0.05, 0.1) is 18.7 Å². The van der Waals surface area contributed by atoms with Crippen LogP contribution in [0.2, 0.25) is 10.0 Å². The molecule has 6 nitrogen and oxygen atoms in total. The fourth-order valence-corrected chi connectivity index (χ4v) is 3.54. The molecule has 29 heavy (non-hydrogen) atoms. The summed E-state index contributed by atoms with van der Waals surface area (Å²) in [7, 11) is 1.31. The first kappa shape index (κ1) is 21.0. The molecule has 152 valence electrons. The van der Waals surface area contributed by atoms with Crippen LogP contribution in [0.4, 0.5) is 4.79 Å².